The van der Waals surface area contributed by atoms with Gasteiger partial charge in [0.2, 0.25) is 5.91 Å². The molecule has 2 unspecified atom stereocenters. The summed E-state index contributed by atoms with van der Waals surface area (Å²) in [4.78, 5) is 23.3. The van der Waals surface area contributed by atoms with Crippen molar-refractivity contribution in [2.45, 2.75) is 25.6 Å². The van der Waals surface area contributed by atoms with Crippen LogP contribution in [0.1, 0.15) is 19.4 Å². The predicted molar refractivity (Wildman–Crippen MR) is 85.9 cm³/mol. The standard InChI is InChI=1S/C14H19NO5S2/c1-10(22(18,19)20)15-14(17)13(9-21-11(2)16)8-12-6-4-3-5-7-12/h3-7,10,13H,8-9H2,1-2H3,(H,15,17)(H,18,19,20). The maximum atomic E-state index is 12.2. The zero-order valence-electron chi connectivity index (χ0n) is 12.4. The second kappa shape index (κ2) is 8.30. The zero-order chi connectivity index (χ0) is 16.8. The minimum Gasteiger partial charge on any atom is -0.338 e. The molecular weight excluding hydrogens is 326 g/mol. The molecule has 0 heterocycles. The van der Waals surface area contributed by atoms with Crippen LogP contribution in [0.2, 0.25) is 0 Å². The van der Waals surface area contributed by atoms with E-state index in [9.17, 15) is 18.0 Å². The fraction of sp³-hybridized carbons (Fsp3) is 0.429. The first-order valence-electron chi connectivity index (χ1n) is 6.64. The molecule has 0 radical (unpaired) electrons. The molecule has 0 aromatic heterocycles. The fourth-order valence-electron chi connectivity index (χ4n) is 1.74. The third-order valence-corrected chi connectivity index (χ3v) is 4.96. The van der Waals surface area contributed by atoms with Crippen LogP contribution in [0.25, 0.3) is 0 Å². The Morgan fingerprint density at radius 1 is 1.27 bits per heavy atom. The van der Waals surface area contributed by atoms with E-state index < -0.39 is 27.3 Å². The first-order chi connectivity index (χ1) is 10.2. The van der Waals surface area contributed by atoms with Crippen molar-refractivity contribution in [3.05, 3.63) is 35.9 Å². The van der Waals surface area contributed by atoms with Gasteiger partial charge in [-0.1, -0.05) is 42.1 Å². The van der Waals surface area contributed by atoms with Gasteiger partial charge in [-0.25, -0.2) is 0 Å². The van der Waals surface area contributed by atoms with Gasteiger partial charge in [0, 0.05) is 12.7 Å². The molecule has 2 N–H and O–H groups in total. The Hall–Kier alpha value is -1.38. The Bertz CT molecular complexity index is 615. The van der Waals surface area contributed by atoms with Crippen molar-refractivity contribution >= 4 is 32.9 Å². The molecule has 1 rings (SSSR count). The van der Waals surface area contributed by atoms with Crippen LogP contribution >= 0.6 is 11.8 Å². The summed E-state index contributed by atoms with van der Waals surface area (Å²) in [6.07, 6.45) is 0.380. The first kappa shape index (κ1) is 18.7. The summed E-state index contributed by atoms with van der Waals surface area (Å²) < 4.78 is 30.9. The van der Waals surface area contributed by atoms with E-state index in [-0.39, 0.29) is 10.9 Å². The molecule has 6 nitrogen and oxygen atoms in total. The van der Waals surface area contributed by atoms with Crippen LogP contribution in [0, 0.1) is 5.92 Å². The van der Waals surface area contributed by atoms with Gasteiger partial charge in [-0.3, -0.25) is 14.1 Å². The topological polar surface area (TPSA) is 101 Å². The number of carbonyl (C=O) groups excluding carboxylic acids is 2. The molecule has 0 bridgehead atoms. The van der Waals surface area contributed by atoms with Crippen molar-refractivity contribution in [3.63, 3.8) is 0 Å². The van der Waals surface area contributed by atoms with E-state index in [1.165, 1.54) is 13.8 Å². The summed E-state index contributed by atoms with van der Waals surface area (Å²) in [5, 5.41) is 0.757. The van der Waals surface area contributed by atoms with E-state index in [0.717, 1.165) is 17.3 Å². The summed E-state index contributed by atoms with van der Waals surface area (Å²) in [7, 11) is -4.34. The number of hydrogen-bond donors (Lipinski definition) is 2. The first-order valence-corrected chi connectivity index (χ1v) is 9.13. The lowest BCUT2D eigenvalue weighted by atomic mass is 10.0. The highest BCUT2D eigenvalue weighted by Crippen LogP contribution is 2.16. The van der Waals surface area contributed by atoms with Gasteiger partial charge in [-0.15, -0.1) is 0 Å². The third-order valence-electron chi connectivity index (χ3n) is 2.98. The molecule has 0 aliphatic heterocycles. The minimum absolute atomic E-state index is 0.117. The largest absolute Gasteiger partial charge is 0.338 e. The highest BCUT2D eigenvalue weighted by atomic mass is 32.2. The molecule has 0 aliphatic rings. The molecule has 1 aromatic carbocycles. The lowest BCUT2D eigenvalue weighted by Crippen LogP contribution is -2.42. The van der Waals surface area contributed by atoms with Gasteiger partial charge in [-0.2, -0.15) is 8.42 Å². The maximum Gasteiger partial charge on any atom is 0.285 e. The summed E-state index contributed by atoms with van der Waals surface area (Å²) in [6, 6.07) is 9.23. The number of carbonyl (C=O) groups is 2. The summed E-state index contributed by atoms with van der Waals surface area (Å²) >= 11 is 1.01. The molecule has 0 saturated carbocycles. The van der Waals surface area contributed by atoms with Crippen molar-refractivity contribution in [1.82, 2.24) is 5.32 Å². The van der Waals surface area contributed by atoms with Gasteiger partial charge in [0.1, 0.15) is 0 Å². The molecule has 0 saturated heterocycles. The monoisotopic (exact) mass is 345 g/mol. The second-order valence-corrected chi connectivity index (χ2v) is 7.79. The Balaban J connectivity index is 2.80. The van der Waals surface area contributed by atoms with E-state index in [4.69, 9.17) is 4.55 Å². The molecule has 122 valence electrons. The maximum absolute atomic E-state index is 12.2. The number of benzene rings is 1. The van der Waals surface area contributed by atoms with E-state index >= 15 is 0 Å². The van der Waals surface area contributed by atoms with Gasteiger partial charge < -0.3 is 5.32 Å². The van der Waals surface area contributed by atoms with Crippen molar-refractivity contribution < 1.29 is 22.6 Å². The van der Waals surface area contributed by atoms with E-state index in [1.807, 2.05) is 30.3 Å². The van der Waals surface area contributed by atoms with Gasteiger partial charge in [0.15, 0.2) is 10.5 Å². The summed E-state index contributed by atoms with van der Waals surface area (Å²) in [5.74, 6) is -0.836. The normalized spacial score (nSPS) is 14.1. The lowest BCUT2D eigenvalue weighted by molar-refractivity contribution is -0.124. The minimum atomic E-state index is -4.34. The van der Waals surface area contributed by atoms with E-state index in [2.05, 4.69) is 5.32 Å². The highest BCUT2D eigenvalue weighted by molar-refractivity contribution is 8.13. The van der Waals surface area contributed by atoms with Crippen molar-refractivity contribution in [2.75, 3.05) is 5.75 Å². The van der Waals surface area contributed by atoms with Crippen LogP contribution in [-0.2, 0) is 26.1 Å². The van der Waals surface area contributed by atoms with Gasteiger partial charge in [0.05, 0.1) is 5.92 Å². The molecule has 0 aliphatic carbocycles. The second-order valence-electron chi connectivity index (χ2n) is 4.86. The summed E-state index contributed by atoms with van der Waals surface area (Å²) in [6.45, 7) is 2.59. The summed E-state index contributed by atoms with van der Waals surface area (Å²) in [5.41, 5.74) is 0.909. The Labute approximate surface area is 134 Å². The van der Waals surface area contributed by atoms with Crippen molar-refractivity contribution in [3.8, 4) is 0 Å². The molecule has 1 aromatic rings. The quantitative estimate of drug-likeness (QED) is 0.726. The zero-order valence-corrected chi connectivity index (χ0v) is 14.0. The number of thioether (sulfide) groups is 1. The Morgan fingerprint density at radius 3 is 2.36 bits per heavy atom. The van der Waals surface area contributed by atoms with Gasteiger partial charge in [0.25, 0.3) is 10.1 Å². The van der Waals surface area contributed by atoms with Gasteiger partial charge in [-0.05, 0) is 18.9 Å². The molecule has 0 fully saturated rings. The van der Waals surface area contributed by atoms with Crippen LogP contribution in [0.15, 0.2) is 30.3 Å². The molecule has 8 heteroatoms. The predicted octanol–water partition coefficient (Wildman–Crippen LogP) is 1.47. The average Bonchev–Trinajstić information content (AvgIpc) is 2.43. The van der Waals surface area contributed by atoms with Crippen molar-refractivity contribution in [2.24, 2.45) is 5.92 Å². The number of amides is 1. The SMILES string of the molecule is CC(=O)SCC(Cc1ccccc1)C(=O)NC(C)S(=O)(=O)O. The molecule has 0 spiro atoms. The molecule has 2 atom stereocenters. The smallest absolute Gasteiger partial charge is 0.285 e. The van der Waals surface area contributed by atoms with Crippen LogP contribution < -0.4 is 5.32 Å². The van der Waals surface area contributed by atoms with Gasteiger partial charge >= 0.3 is 0 Å². The Kier molecular flexibility index (Phi) is 7.05. The highest BCUT2D eigenvalue weighted by Gasteiger charge is 2.25. The van der Waals surface area contributed by atoms with Crippen LogP contribution in [0.4, 0.5) is 0 Å². The number of hydrogen-bond acceptors (Lipinski definition) is 5. The third kappa shape index (κ3) is 6.59. The van der Waals surface area contributed by atoms with Crippen LogP contribution in [0.5, 0.6) is 0 Å². The number of nitrogens with one attached hydrogen (secondary N) is 1. The van der Waals surface area contributed by atoms with E-state index in [1.54, 1.807) is 0 Å². The molecular formula is C14H19NO5S2. The van der Waals surface area contributed by atoms with Crippen LogP contribution in [0.3, 0.4) is 0 Å². The lowest BCUT2D eigenvalue weighted by Gasteiger charge is -2.18. The molecule has 1 amide bonds. The Morgan fingerprint density at radius 2 is 1.86 bits per heavy atom. The number of rotatable bonds is 7. The fourth-order valence-corrected chi connectivity index (χ4v) is 2.71. The average molecular weight is 345 g/mol. The van der Waals surface area contributed by atoms with E-state index in [0.29, 0.717) is 6.42 Å². The van der Waals surface area contributed by atoms with Crippen molar-refractivity contribution in [1.29, 1.82) is 0 Å². The molecule has 22 heavy (non-hydrogen) atoms. The van der Waals surface area contributed by atoms with Crippen LogP contribution in [-0.4, -0.2) is 35.1 Å².